The van der Waals surface area contributed by atoms with Gasteiger partial charge in [-0.2, -0.15) is 0 Å². The molecule has 1 aliphatic heterocycles. The Bertz CT molecular complexity index is 365. The lowest BCUT2D eigenvalue weighted by atomic mass is 9.85. The summed E-state index contributed by atoms with van der Waals surface area (Å²) in [4.78, 5) is 4.26. The monoisotopic (exact) mass is 249 g/mol. The van der Waals surface area contributed by atoms with Crippen LogP contribution in [0.5, 0.6) is 0 Å². The number of hydrogen-bond acceptors (Lipinski definition) is 3. The molecule has 1 heterocycles. The van der Waals surface area contributed by atoms with Crippen molar-refractivity contribution < 1.29 is 8.42 Å². The van der Waals surface area contributed by atoms with Crippen molar-refractivity contribution in [3.63, 3.8) is 0 Å². The van der Waals surface area contributed by atoms with Crippen molar-refractivity contribution in [2.24, 2.45) is 10.9 Å². The molecule has 0 saturated heterocycles. The molecule has 0 aromatic carbocycles. The van der Waals surface area contributed by atoms with E-state index in [1.54, 1.807) is 0 Å². The predicted molar refractivity (Wildman–Crippen MR) is 50.7 cm³/mol. The fraction of sp³-hybridized carbons (Fsp3) is 0.571. The van der Waals surface area contributed by atoms with E-state index in [2.05, 4.69) is 20.9 Å². The molecule has 0 radical (unpaired) electrons. The molecule has 5 heteroatoms. The fourth-order valence-electron chi connectivity index (χ4n) is 1.37. The topological polar surface area (TPSA) is 46.5 Å². The highest BCUT2D eigenvalue weighted by Crippen LogP contribution is 2.39. The number of allylic oxidation sites excluding steroid dienone is 1. The van der Waals surface area contributed by atoms with Gasteiger partial charge in [-0.25, -0.2) is 13.4 Å². The summed E-state index contributed by atoms with van der Waals surface area (Å²) in [6.07, 6.45) is 4.58. The van der Waals surface area contributed by atoms with E-state index in [4.69, 9.17) is 0 Å². The van der Waals surface area contributed by atoms with E-state index in [0.717, 1.165) is 19.3 Å². The van der Waals surface area contributed by atoms with Gasteiger partial charge in [0.15, 0.2) is 0 Å². The van der Waals surface area contributed by atoms with E-state index >= 15 is 0 Å². The molecule has 12 heavy (non-hydrogen) atoms. The van der Waals surface area contributed by atoms with Gasteiger partial charge in [-0.1, -0.05) is 6.42 Å². The number of sulfone groups is 1. The number of rotatable bonds is 1. The Kier molecular flexibility index (Phi) is 1.88. The van der Waals surface area contributed by atoms with Crippen LogP contribution in [0.25, 0.3) is 0 Å². The molecule has 1 fully saturated rings. The van der Waals surface area contributed by atoms with Gasteiger partial charge in [-0.05, 0) is 34.7 Å². The number of aliphatic imine (C=N–C) groups is 1. The largest absolute Gasteiger partial charge is 0.236 e. The first-order chi connectivity index (χ1) is 5.62. The maximum atomic E-state index is 11.5. The Morgan fingerprint density at radius 1 is 1.50 bits per heavy atom. The summed E-state index contributed by atoms with van der Waals surface area (Å²) in [7, 11) is -3.20. The maximum absolute atomic E-state index is 11.5. The van der Waals surface area contributed by atoms with Gasteiger partial charge in [-0.15, -0.1) is 0 Å². The van der Waals surface area contributed by atoms with Crippen LogP contribution in [0.15, 0.2) is 16.1 Å². The van der Waals surface area contributed by atoms with Crippen LogP contribution in [0.1, 0.15) is 19.3 Å². The molecular weight excluding hydrogens is 242 g/mol. The molecule has 0 unspecified atom stereocenters. The minimum atomic E-state index is -3.20. The van der Waals surface area contributed by atoms with Gasteiger partial charge in [0.1, 0.15) is 0 Å². The van der Waals surface area contributed by atoms with E-state index in [9.17, 15) is 8.42 Å². The van der Waals surface area contributed by atoms with Crippen molar-refractivity contribution in [2.45, 2.75) is 19.3 Å². The van der Waals surface area contributed by atoms with Crippen LogP contribution in [0.3, 0.4) is 0 Å². The lowest BCUT2D eigenvalue weighted by Crippen LogP contribution is -2.20. The molecule has 1 saturated carbocycles. The van der Waals surface area contributed by atoms with E-state index in [1.807, 2.05) is 0 Å². The standard InChI is InChI=1S/C7H8BrNO2S/c8-7-9-4-6(12(7,10)11)5-2-1-3-5/h4-5H,1-3H2. The highest BCUT2D eigenvalue weighted by Gasteiger charge is 2.36. The van der Waals surface area contributed by atoms with Crippen molar-refractivity contribution in [3.05, 3.63) is 11.1 Å². The molecule has 3 nitrogen and oxygen atoms in total. The molecule has 2 rings (SSSR count). The fourth-order valence-corrected chi connectivity index (χ4v) is 3.28. The molecular formula is C7H8BrNO2S. The van der Waals surface area contributed by atoms with Gasteiger partial charge in [0.2, 0.25) is 13.8 Å². The van der Waals surface area contributed by atoms with E-state index in [0.29, 0.717) is 4.91 Å². The normalized spacial score (nSPS) is 27.8. The van der Waals surface area contributed by atoms with E-state index in [-0.39, 0.29) is 9.87 Å². The minimum Gasteiger partial charge on any atom is -0.236 e. The number of nitrogens with zero attached hydrogens (tertiary/aromatic N) is 1. The first-order valence-electron chi connectivity index (χ1n) is 3.81. The quantitative estimate of drug-likeness (QED) is 0.712. The molecule has 66 valence electrons. The second kappa shape index (κ2) is 2.67. The van der Waals surface area contributed by atoms with Gasteiger partial charge < -0.3 is 0 Å². The van der Waals surface area contributed by atoms with Crippen LogP contribution in [-0.2, 0) is 9.84 Å². The van der Waals surface area contributed by atoms with Crippen molar-refractivity contribution in [3.8, 4) is 0 Å². The zero-order chi connectivity index (χ0) is 8.77. The van der Waals surface area contributed by atoms with Gasteiger partial charge in [0.25, 0.3) is 0 Å². The first kappa shape index (κ1) is 8.44. The van der Waals surface area contributed by atoms with Crippen LogP contribution in [-0.4, -0.2) is 12.4 Å². The summed E-state index contributed by atoms with van der Waals surface area (Å²) in [5.41, 5.74) is 0. The zero-order valence-electron chi connectivity index (χ0n) is 6.33. The zero-order valence-corrected chi connectivity index (χ0v) is 8.73. The Labute approximate surface area is 79.6 Å². The summed E-state index contributed by atoms with van der Waals surface area (Å²) < 4.78 is 23.0. The Balaban J connectivity index is 2.32. The van der Waals surface area contributed by atoms with Crippen LogP contribution >= 0.6 is 15.9 Å². The van der Waals surface area contributed by atoms with Crippen molar-refractivity contribution >= 4 is 29.7 Å². The van der Waals surface area contributed by atoms with E-state index in [1.165, 1.54) is 6.20 Å². The maximum Gasteiger partial charge on any atom is 0.228 e. The molecule has 0 spiro atoms. The van der Waals surface area contributed by atoms with Crippen LogP contribution in [0, 0.1) is 5.92 Å². The third-order valence-electron chi connectivity index (χ3n) is 2.33. The minimum absolute atomic E-state index is 0.0666. The van der Waals surface area contributed by atoms with Crippen molar-refractivity contribution in [1.82, 2.24) is 0 Å². The van der Waals surface area contributed by atoms with Crippen LogP contribution in [0.2, 0.25) is 0 Å². The molecule has 0 amide bonds. The van der Waals surface area contributed by atoms with Gasteiger partial charge in [-0.3, -0.25) is 0 Å². The molecule has 0 bridgehead atoms. The molecule has 2 aliphatic rings. The Morgan fingerprint density at radius 3 is 2.50 bits per heavy atom. The average molecular weight is 250 g/mol. The second-order valence-electron chi connectivity index (χ2n) is 3.04. The van der Waals surface area contributed by atoms with Crippen molar-refractivity contribution in [2.75, 3.05) is 0 Å². The second-order valence-corrected chi connectivity index (χ2v) is 6.19. The van der Waals surface area contributed by atoms with Gasteiger partial charge >= 0.3 is 0 Å². The lowest BCUT2D eigenvalue weighted by molar-refractivity contribution is 0.379. The third-order valence-corrected chi connectivity index (χ3v) is 5.42. The van der Waals surface area contributed by atoms with Gasteiger partial charge in [0.05, 0.1) is 4.91 Å². The third kappa shape index (κ3) is 1.07. The van der Waals surface area contributed by atoms with Crippen LogP contribution < -0.4 is 0 Å². The van der Waals surface area contributed by atoms with Gasteiger partial charge in [0, 0.05) is 6.20 Å². The first-order valence-corrected chi connectivity index (χ1v) is 6.08. The highest BCUT2D eigenvalue weighted by atomic mass is 79.9. The number of halogens is 1. The summed E-state index contributed by atoms with van der Waals surface area (Å²) in [5, 5.41) is 0. The molecule has 1 aliphatic carbocycles. The summed E-state index contributed by atoms with van der Waals surface area (Å²) in [5.74, 6) is 0.230. The number of hydrogen-bond donors (Lipinski definition) is 0. The smallest absolute Gasteiger partial charge is 0.228 e. The van der Waals surface area contributed by atoms with E-state index < -0.39 is 9.84 Å². The molecule has 0 aromatic heterocycles. The van der Waals surface area contributed by atoms with Crippen LogP contribution in [0.4, 0.5) is 0 Å². The summed E-state index contributed by atoms with van der Waals surface area (Å²) in [6, 6.07) is 0. The summed E-state index contributed by atoms with van der Waals surface area (Å²) >= 11 is 2.93. The summed E-state index contributed by atoms with van der Waals surface area (Å²) in [6.45, 7) is 0. The Hall–Kier alpha value is -0.160. The lowest BCUT2D eigenvalue weighted by Gasteiger charge is -2.25. The van der Waals surface area contributed by atoms with Crippen molar-refractivity contribution in [1.29, 1.82) is 0 Å². The molecule has 0 N–H and O–H groups in total. The molecule has 0 atom stereocenters. The Morgan fingerprint density at radius 2 is 2.17 bits per heavy atom. The molecule has 0 aromatic rings. The SMILES string of the molecule is O=S1(=O)C(C2CCC2)=CN=C1Br. The highest BCUT2D eigenvalue weighted by molar-refractivity contribution is 9.21. The average Bonchev–Trinajstić information content (AvgIpc) is 2.12. The predicted octanol–water partition coefficient (Wildman–Crippen LogP) is 1.81.